The minimum absolute atomic E-state index is 0.0229. The fourth-order valence-corrected chi connectivity index (χ4v) is 2.35. The zero-order valence-electron chi connectivity index (χ0n) is 13.8. The Labute approximate surface area is 135 Å². The van der Waals surface area contributed by atoms with E-state index in [1.165, 1.54) is 4.57 Å². The SMILES string of the molecule is CCC/C=C/COc1c(O)c2ccc(OCC)cc2n(C)c1=O. The third kappa shape index (κ3) is 3.67. The lowest BCUT2D eigenvalue weighted by Gasteiger charge is -2.13. The molecule has 0 atom stereocenters. The fraction of sp³-hybridized carbons (Fsp3) is 0.389. The highest BCUT2D eigenvalue weighted by atomic mass is 16.5. The van der Waals surface area contributed by atoms with Gasteiger partial charge in [-0.2, -0.15) is 0 Å². The largest absolute Gasteiger partial charge is 0.504 e. The number of fused-ring (bicyclic) bond motifs is 1. The van der Waals surface area contributed by atoms with E-state index in [4.69, 9.17) is 9.47 Å². The molecule has 0 unspecified atom stereocenters. The summed E-state index contributed by atoms with van der Waals surface area (Å²) in [5.74, 6) is 0.505. The molecule has 0 aliphatic carbocycles. The van der Waals surface area contributed by atoms with E-state index in [0.29, 0.717) is 23.3 Å². The van der Waals surface area contributed by atoms with Gasteiger partial charge in [-0.1, -0.05) is 25.5 Å². The number of ether oxygens (including phenoxy) is 2. The minimum atomic E-state index is -0.368. The summed E-state index contributed by atoms with van der Waals surface area (Å²) in [5, 5.41) is 10.9. The highest BCUT2D eigenvalue weighted by molar-refractivity contribution is 5.88. The van der Waals surface area contributed by atoms with Gasteiger partial charge in [0.15, 0.2) is 5.75 Å². The van der Waals surface area contributed by atoms with Crippen molar-refractivity contribution in [1.82, 2.24) is 4.57 Å². The van der Waals surface area contributed by atoms with Crippen LogP contribution in [0.15, 0.2) is 35.1 Å². The van der Waals surface area contributed by atoms with Crippen molar-refractivity contribution in [2.75, 3.05) is 13.2 Å². The summed E-state index contributed by atoms with van der Waals surface area (Å²) in [5.41, 5.74) is 0.236. The fourth-order valence-electron chi connectivity index (χ4n) is 2.35. The van der Waals surface area contributed by atoms with Crippen LogP contribution < -0.4 is 15.0 Å². The molecular weight excluding hydrogens is 294 g/mol. The summed E-state index contributed by atoms with van der Waals surface area (Å²) in [7, 11) is 1.65. The molecule has 0 aliphatic rings. The van der Waals surface area contributed by atoms with Crippen LogP contribution in [0.5, 0.6) is 17.2 Å². The average Bonchev–Trinajstić information content (AvgIpc) is 2.55. The Morgan fingerprint density at radius 3 is 2.70 bits per heavy atom. The number of aromatic nitrogens is 1. The van der Waals surface area contributed by atoms with E-state index in [2.05, 4.69) is 6.92 Å². The van der Waals surface area contributed by atoms with Crippen LogP contribution in [0.3, 0.4) is 0 Å². The molecule has 1 N–H and O–H groups in total. The molecule has 0 fully saturated rings. The molecule has 124 valence electrons. The molecule has 0 spiro atoms. The van der Waals surface area contributed by atoms with Crippen molar-refractivity contribution in [3.63, 3.8) is 0 Å². The Balaban J connectivity index is 2.39. The highest BCUT2D eigenvalue weighted by Gasteiger charge is 2.16. The smallest absolute Gasteiger partial charge is 0.297 e. The number of allylic oxidation sites excluding steroid dienone is 1. The van der Waals surface area contributed by atoms with Crippen molar-refractivity contribution < 1.29 is 14.6 Å². The predicted octanol–water partition coefficient (Wildman–Crippen LogP) is 3.38. The summed E-state index contributed by atoms with van der Waals surface area (Å²) < 4.78 is 12.4. The van der Waals surface area contributed by atoms with E-state index in [-0.39, 0.29) is 23.7 Å². The Morgan fingerprint density at radius 1 is 1.22 bits per heavy atom. The number of hydrogen-bond donors (Lipinski definition) is 1. The van der Waals surface area contributed by atoms with Crippen molar-refractivity contribution in [3.8, 4) is 17.2 Å². The van der Waals surface area contributed by atoms with Gasteiger partial charge < -0.3 is 19.1 Å². The lowest BCUT2D eigenvalue weighted by atomic mass is 10.1. The quantitative estimate of drug-likeness (QED) is 0.795. The molecule has 1 aromatic heterocycles. The van der Waals surface area contributed by atoms with Crippen molar-refractivity contribution in [3.05, 3.63) is 40.7 Å². The normalized spacial score (nSPS) is 11.3. The minimum Gasteiger partial charge on any atom is -0.504 e. The first-order chi connectivity index (χ1) is 11.1. The van der Waals surface area contributed by atoms with Crippen LogP contribution in [0.4, 0.5) is 0 Å². The van der Waals surface area contributed by atoms with Gasteiger partial charge in [-0.15, -0.1) is 0 Å². The van der Waals surface area contributed by atoms with Gasteiger partial charge in [-0.25, -0.2) is 0 Å². The van der Waals surface area contributed by atoms with E-state index in [0.717, 1.165) is 12.8 Å². The van der Waals surface area contributed by atoms with Crippen LogP contribution in [0.25, 0.3) is 10.9 Å². The molecule has 2 aromatic rings. The lowest BCUT2D eigenvalue weighted by molar-refractivity contribution is 0.330. The molecule has 1 heterocycles. The molecule has 1 aromatic carbocycles. The molecule has 23 heavy (non-hydrogen) atoms. The monoisotopic (exact) mass is 317 g/mol. The van der Waals surface area contributed by atoms with Gasteiger partial charge in [0.1, 0.15) is 12.4 Å². The van der Waals surface area contributed by atoms with Crippen LogP contribution in [0.2, 0.25) is 0 Å². The Bertz CT molecular complexity index is 762. The van der Waals surface area contributed by atoms with E-state index < -0.39 is 0 Å². The molecule has 0 saturated carbocycles. The number of aromatic hydroxyl groups is 1. The molecule has 0 amide bonds. The summed E-state index contributed by atoms with van der Waals surface area (Å²) in [6.45, 7) is 4.78. The molecule has 0 radical (unpaired) electrons. The third-order valence-electron chi connectivity index (χ3n) is 3.56. The van der Waals surface area contributed by atoms with Crippen molar-refractivity contribution in [2.45, 2.75) is 26.7 Å². The zero-order chi connectivity index (χ0) is 16.8. The first-order valence-corrected chi connectivity index (χ1v) is 7.86. The lowest BCUT2D eigenvalue weighted by Crippen LogP contribution is -2.20. The molecule has 5 heteroatoms. The van der Waals surface area contributed by atoms with Gasteiger partial charge in [-0.3, -0.25) is 4.79 Å². The summed E-state index contributed by atoms with van der Waals surface area (Å²) in [6.07, 6.45) is 5.87. The van der Waals surface area contributed by atoms with Crippen LogP contribution in [-0.2, 0) is 7.05 Å². The van der Waals surface area contributed by atoms with E-state index in [9.17, 15) is 9.90 Å². The van der Waals surface area contributed by atoms with E-state index >= 15 is 0 Å². The van der Waals surface area contributed by atoms with Gasteiger partial charge in [-0.05, 0) is 25.5 Å². The molecular formula is C18H23NO4. The van der Waals surface area contributed by atoms with Gasteiger partial charge in [0.25, 0.3) is 5.56 Å². The zero-order valence-corrected chi connectivity index (χ0v) is 13.8. The second kappa shape index (κ2) is 7.72. The number of nitrogens with zero attached hydrogens (tertiary/aromatic N) is 1. The second-order valence-corrected chi connectivity index (χ2v) is 5.22. The van der Waals surface area contributed by atoms with Crippen molar-refractivity contribution >= 4 is 10.9 Å². The van der Waals surface area contributed by atoms with Gasteiger partial charge in [0.2, 0.25) is 5.75 Å². The van der Waals surface area contributed by atoms with Gasteiger partial charge in [0, 0.05) is 18.5 Å². The predicted molar refractivity (Wildman–Crippen MR) is 91.6 cm³/mol. The van der Waals surface area contributed by atoms with Crippen LogP contribution in [0.1, 0.15) is 26.7 Å². The van der Waals surface area contributed by atoms with Crippen molar-refractivity contribution in [1.29, 1.82) is 0 Å². The molecule has 0 aliphatic heterocycles. The van der Waals surface area contributed by atoms with Crippen LogP contribution in [0, 0.1) is 0 Å². The van der Waals surface area contributed by atoms with E-state index in [1.54, 1.807) is 25.2 Å². The topological polar surface area (TPSA) is 60.7 Å². The van der Waals surface area contributed by atoms with E-state index in [1.807, 2.05) is 19.1 Å². The molecule has 2 rings (SSSR count). The highest BCUT2D eigenvalue weighted by Crippen LogP contribution is 2.32. The van der Waals surface area contributed by atoms with Gasteiger partial charge in [0.05, 0.1) is 12.1 Å². The molecule has 0 bridgehead atoms. The maximum atomic E-state index is 12.4. The first kappa shape index (κ1) is 16.9. The maximum Gasteiger partial charge on any atom is 0.297 e. The molecule has 5 nitrogen and oxygen atoms in total. The number of rotatable bonds is 7. The first-order valence-electron chi connectivity index (χ1n) is 7.86. The van der Waals surface area contributed by atoms with Crippen LogP contribution in [-0.4, -0.2) is 22.9 Å². The standard InChI is InChI=1S/C18H23NO4/c1-4-6-7-8-11-23-17-16(20)14-10-9-13(22-5-2)12-15(14)19(3)18(17)21/h7-10,12,20H,4-6,11H2,1-3H3/b8-7+. The van der Waals surface area contributed by atoms with Gasteiger partial charge >= 0.3 is 0 Å². The number of benzene rings is 1. The Hall–Kier alpha value is -2.43. The summed E-state index contributed by atoms with van der Waals surface area (Å²) >= 11 is 0. The van der Waals surface area contributed by atoms with Crippen molar-refractivity contribution in [2.24, 2.45) is 7.05 Å². The summed E-state index contributed by atoms with van der Waals surface area (Å²) in [6, 6.07) is 5.24. The third-order valence-corrected chi connectivity index (χ3v) is 3.56. The number of unbranched alkanes of at least 4 members (excludes halogenated alkanes) is 1. The second-order valence-electron chi connectivity index (χ2n) is 5.22. The Morgan fingerprint density at radius 2 is 2.00 bits per heavy atom. The maximum absolute atomic E-state index is 12.4. The summed E-state index contributed by atoms with van der Waals surface area (Å²) in [4.78, 5) is 12.4. The van der Waals surface area contributed by atoms with Crippen LogP contribution >= 0.6 is 0 Å². The number of pyridine rings is 1. The number of hydrogen-bond acceptors (Lipinski definition) is 4. The average molecular weight is 317 g/mol. The molecule has 0 saturated heterocycles. The Kier molecular flexibility index (Phi) is 5.68. The number of aryl methyl sites for hydroxylation is 1.